The van der Waals surface area contributed by atoms with Gasteiger partial charge in [0.2, 0.25) is 0 Å². The van der Waals surface area contributed by atoms with Crippen LogP contribution in [0, 0.1) is 11.3 Å². The van der Waals surface area contributed by atoms with Crippen LogP contribution in [0.2, 0.25) is 0 Å². The van der Waals surface area contributed by atoms with Crippen molar-refractivity contribution in [3.8, 4) is 6.07 Å². The van der Waals surface area contributed by atoms with Crippen LogP contribution >= 0.6 is 11.3 Å². The van der Waals surface area contributed by atoms with Crippen molar-refractivity contribution in [2.45, 2.75) is 37.4 Å². The molecule has 3 nitrogen and oxygen atoms in total. The Labute approximate surface area is 103 Å². The summed E-state index contributed by atoms with van der Waals surface area (Å²) in [6, 6.07) is 4.20. The first-order valence-corrected chi connectivity index (χ1v) is 7.18. The Kier molecular flexibility index (Phi) is 4.66. The van der Waals surface area contributed by atoms with Gasteiger partial charge in [-0.15, -0.1) is 0 Å². The molecular weight excluding hydrogens is 240 g/mol. The van der Waals surface area contributed by atoms with Crippen LogP contribution in [-0.2, 0) is 11.0 Å². The molecular formula is C11H16N2OS2. The van der Waals surface area contributed by atoms with E-state index in [4.69, 9.17) is 10.4 Å². The predicted octanol–water partition coefficient (Wildman–Crippen LogP) is 2.54. The number of nitrogens with zero attached hydrogens (tertiary/aromatic N) is 1. The zero-order valence-electron chi connectivity index (χ0n) is 9.47. The Morgan fingerprint density at radius 1 is 1.69 bits per heavy atom. The minimum Gasteiger partial charge on any atom is -0.251 e. The van der Waals surface area contributed by atoms with Crippen molar-refractivity contribution in [2.75, 3.05) is 0 Å². The molecule has 16 heavy (non-hydrogen) atoms. The van der Waals surface area contributed by atoms with E-state index in [1.807, 2.05) is 30.7 Å². The molecule has 0 spiro atoms. The maximum atomic E-state index is 11.4. The molecule has 88 valence electrons. The first-order valence-electron chi connectivity index (χ1n) is 5.02. The smallest absolute Gasteiger partial charge is 0.0945 e. The SMILES string of the molecule is CC(C)(C[C@@H](CC#N)c1ccsc1)S(N)=O. The molecule has 0 bridgehead atoms. The molecule has 0 aliphatic heterocycles. The molecule has 1 aromatic rings. The summed E-state index contributed by atoms with van der Waals surface area (Å²) in [7, 11) is -1.37. The predicted molar refractivity (Wildman–Crippen MR) is 68.3 cm³/mol. The van der Waals surface area contributed by atoms with Crippen molar-refractivity contribution in [1.29, 1.82) is 5.26 Å². The summed E-state index contributed by atoms with van der Waals surface area (Å²) >= 11 is 1.61. The van der Waals surface area contributed by atoms with Gasteiger partial charge in [0.15, 0.2) is 0 Å². The molecule has 0 amide bonds. The van der Waals surface area contributed by atoms with E-state index in [0.717, 1.165) is 5.56 Å². The van der Waals surface area contributed by atoms with Crippen LogP contribution in [0.1, 0.15) is 38.2 Å². The van der Waals surface area contributed by atoms with E-state index in [0.29, 0.717) is 12.8 Å². The first-order chi connectivity index (χ1) is 7.47. The lowest BCUT2D eigenvalue weighted by Gasteiger charge is -2.25. The summed E-state index contributed by atoms with van der Waals surface area (Å²) in [5.41, 5.74) is 1.14. The van der Waals surface area contributed by atoms with Gasteiger partial charge in [-0.3, -0.25) is 5.14 Å². The van der Waals surface area contributed by atoms with Crippen molar-refractivity contribution < 1.29 is 4.21 Å². The number of nitriles is 1. The second kappa shape index (κ2) is 5.58. The first kappa shape index (κ1) is 13.4. The lowest BCUT2D eigenvalue weighted by molar-refractivity contribution is 0.523. The van der Waals surface area contributed by atoms with Gasteiger partial charge in [-0.05, 0) is 48.6 Å². The fourth-order valence-electron chi connectivity index (χ4n) is 1.60. The molecule has 1 heterocycles. The Morgan fingerprint density at radius 2 is 2.38 bits per heavy atom. The zero-order valence-corrected chi connectivity index (χ0v) is 11.1. The molecule has 2 atom stereocenters. The second-order valence-corrected chi connectivity index (χ2v) is 6.86. The van der Waals surface area contributed by atoms with E-state index in [9.17, 15) is 4.21 Å². The van der Waals surface area contributed by atoms with Gasteiger partial charge in [0.1, 0.15) is 0 Å². The number of hydrogen-bond acceptors (Lipinski definition) is 3. The fourth-order valence-corrected chi connectivity index (χ4v) is 2.71. The van der Waals surface area contributed by atoms with E-state index >= 15 is 0 Å². The third kappa shape index (κ3) is 3.41. The number of hydrogen-bond donors (Lipinski definition) is 1. The monoisotopic (exact) mass is 256 g/mol. The lowest BCUT2D eigenvalue weighted by Crippen LogP contribution is -2.33. The third-order valence-corrected chi connectivity index (χ3v) is 4.59. The van der Waals surface area contributed by atoms with Crippen LogP contribution in [0.4, 0.5) is 0 Å². The van der Waals surface area contributed by atoms with Gasteiger partial charge in [0.25, 0.3) is 0 Å². The van der Waals surface area contributed by atoms with E-state index in [-0.39, 0.29) is 5.92 Å². The summed E-state index contributed by atoms with van der Waals surface area (Å²) in [6.07, 6.45) is 1.11. The molecule has 2 N–H and O–H groups in total. The standard InChI is InChI=1S/C11H16N2OS2/c1-11(2,16(13)14)7-9(3-5-12)10-4-6-15-8-10/h4,6,8-9H,3,7,13H2,1-2H3/t9-,16?/m1/s1. The van der Waals surface area contributed by atoms with E-state index in [2.05, 4.69) is 6.07 Å². The van der Waals surface area contributed by atoms with E-state index in [1.165, 1.54) is 0 Å². The molecule has 0 aliphatic carbocycles. The minimum atomic E-state index is -1.37. The maximum absolute atomic E-state index is 11.4. The van der Waals surface area contributed by atoms with E-state index in [1.54, 1.807) is 11.3 Å². The Morgan fingerprint density at radius 3 is 2.81 bits per heavy atom. The molecule has 1 unspecified atom stereocenters. The van der Waals surface area contributed by atoms with Crippen molar-refractivity contribution in [2.24, 2.45) is 5.14 Å². The normalized spacial score (nSPS) is 15.4. The molecule has 1 rings (SSSR count). The highest BCUT2D eigenvalue weighted by Gasteiger charge is 2.28. The molecule has 0 aliphatic rings. The highest BCUT2D eigenvalue weighted by atomic mass is 32.2. The molecule has 0 radical (unpaired) electrons. The van der Waals surface area contributed by atoms with Crippen LogP contribution in [-0.4, -0.2) is 8.96 Å². The lowest BCUT2D eigenvalue weighted by atomic mass is 9.89. The Bertz CT molecular complexity index is 393. The summed E-state index contributed by atoms with van der Waals surface area (Å²) in [4.78, 5) is 0. The summed E-state index contributed by atoms with van der Waals surface area (Å²) < 4.78 is 10.9. The Hall–Kier alpha value is -0.700. The van der Waals surface area contributed by atoms with Gasteiger partial charge in [-0.25, -0.2) is 4.21 Å². The van der Waals surface area contributed by atoms with Crippen LogP contribution in [0.15, 0.2) is 16.8 Å². The van der Waals surface area contributed by atoms with Crippen molar-refractivity contribution in [1.82, 2.24) is 0 Å². The topological polar surface area (TPSA) is 66.9 Å². The van der Waals surface area contributed by atoms with Gasteiger partial charge >= 0.3 is 0 Å². The number of rotatable bonds is 5. The Balaban J connectivity index is 2.82. The van der Waals surface area contributed by atoms with Gasteiger partial charge in [0, 0.05) is 6.42 Å². The summed E-state index contributed by atoms with van der Waals surface area (Å²) in [6.45, 7) is 3.75. The highest BCUT2D eigenvalue weighted by Crippen LogP contribution is 2.32. The molecule has 5 heteroatoms. The molecule has 0 fully saturated rings. The average Bonchev–Trinajstić information content (AvgIpc) is 2.69. The maximum Gasteiger partial charge on any atom is 0.0945 e. The second-order valence-electron chi connectivity index (χ2n) is 4.38. The number of thiophene rings is 1. The van der Waals surface area contributed by atoms with Crippen LogP contribution in [0.5, 0.6) is 0 Å². The quantitative estimate of drug-likeness (QED) is 0.879. The van der Waals surface area contributed by atoms with Gasteiger partial charge in [-0.2, -0.15) is 16.6 Å². The average molecular weight is 256 g/mol. The largest absolute Gasteiger partial charge is 0.251 e. The molecule has 1 aromatic heterocycles. The number of nitrogens with two attached hydrogens (primary N) is 1. The zero-order chi connectivity index (χ0) is 12.2. The minimum absolute atomic E-state index is 0.124. The third-order valence-electron chi connectivity index (χ3n) is 2.63. The van der Waals surface area contributed by atoms with Crippen LogP contribution in [0.3, 0.4) is 0 Å². The summed E-state index contributed by atoms with van der Waals surface area (Å²) in [5, 5.41) is 18.3. The van der Waals surface area contributed by atoms with Crippen molar-refractivity contribution in [3.05, 3.63) is 22.4 Å². The van der Waals surface area contributed by atoms with E-state index < -0.39 is 15.7 Å². The van der Waals surface area contributed by atoms with Crippen LogP contribution in [0.25, 0.3) is 0 Å². The van der Waals surface area contributed by atoms with Gasteiger partial charge < -0.3 is 0 Å². The summed E-state index contributed by atoms with van der Waals surface area (Å²) in [5.74, 6) is 0.124. The van der Waals surface area contributed by atoms with Crippen molar-refractivity contribution in [3.63, 3.8) is 0 Å². The molecule has 0 saturated heterocycles. The molecule has 0 saturated carbocycles. The molecule has 0 aromatic carbocycles. The van der Waals surface area contributed by atoms with Gasteiger partial charge in [0.05, 0.1) is 21.8 Å². The van der Waals surface area contributed by atoms with Crippen LogP contribution < -0.4 is 5.14 Å². The highest BCUT2D eigenvalue weighted by molar-refractivity contribution is 7.84. The van der Waals surface area contributed by atoms with Gasteiger partial charge in [-0.1, -0.05) is 0 Å². The fraction of sp³-hybridized carbons (Fsp3) is 0.545. The van der Waals surface area contributed by atoms with Crippen molar-refractivity contribution >= 4 is 22.3 Å².